The third-order valence-electron chi connectivity index (χ3n) is 5.12. The van der Waals surface area contributed by atoms with Gasteiger partial charge in [0.2, 0.25) is 0 Å². The molecular formula is C16H33N3. The first-order valence-electron chi connectivity index (χ1n) is 8.38. The summed E-state index contributed by atoms with van der Waals surface area (Å²) < 4.78 is 0. The number of rotatable bonds is 4. The van der Waals surface area contributed by atoms with Crippen molar-refractivity contribution >= 4 is 0 Å². The van der Waals surface area contributed by atoms with Crippen LogP contribution in [0.2, 0.25) is 0 Å². The standard InChI is InChI=1S/C16H33N3/c1-4-10-18-12-7-15(8-13-18)19-11-6-9-17-16(3,5-2)14-19/h15,17H,4-14H2,1-3H3. The van der Waals surface area contributed by atoms with Gasteiger partial charge in [0, 0.05) is 18.1 Å². The molecule has 0 spiro atoms. The van der Waals surface area contributed by atoms with Crippen molar-refractivity contribution in [3.63, 3.8) is 0 Å². The highest BCUT2D eigenvalue weighted by molar-refractivity contribution is 4.91. The fraction of sp³-hybridized carbons (Fsp3) is 1.00. The molecule has 0 saturated carbocycles. The summed E-state index contributed by atoms with van der Waals surface area (Å²) in [5.74, 6) is 0. The van der Waals surface area contributed by atoms with Crippen LogP contribution in [-0.2, 0) is 0 Å². The molecule has 2 aliphatic rings. The fourth-order valence-corrected chi connectivity index (χ4v) is 3.63. The van der Waals surface area contributed by atoms with Gasteiger partial charge in [-0.25, -0.2) is 0 Å². The molecule has 2 rings (SSSR count). The molecular weight excluding hydrogens is 234 g/mol. The van der Waals surface area contributed by atoms with Crippen LogP contribution in [0.3, 0.4) is 0 Å². The lowest BCUT2D eigenvalue weighted by molar-refractivity contribution is 0.0931. The molecule has 1 unspecified atom stereocenters. The topological polar surface area (TPSA) is 18.5 Å². The van der Waals surface area contributed by atoms with Crippen LogP contribution in [0.5, 0.6) is 0 Å². The van der Waals surface area contributed by atoms with Gasteiger partial charge in [0.05, 0.1) is 0 Å². The maximum Gasteiger partial charge on any atom is 0.0277 e. The molecule has 1 N–H and O–H groups in total. The van der Waals surface area contributed by atoms with E-state index in [0.717, 1.165) is 6.04 Å². The second-order valence-electron chi connectivity index (χ2n) is 6.74. The summed E-state index contributed by atoms with van der Waals surface area (Å²) >= 11 is 0. The van der Waals surface area contributed by atoms with Crippen molar-refractivity contribution in [3.05, 3.63) is 0 Å². The molecule has 0 aromatic heterocycles. The lowest BCUT2D eigenvalue weighted by Crippen LogP contribution is -2.53. The zero-order chi connectivity index (χ0) is 13.7. The first-order valence-corrected chi connectivity index (χ1v) is 8.38. The Morgan fingerprint density at radius 2 is 1.89 bits per heavy atom. The number of hydrogen-bond acceptors (Lipinski definition) is 3. The highest BCUT2D eigenvalue weighted by Gasteiger charge is 2.32. The van der Waals surface area contributed by atoms with Gasteiger partial charge in [-0.2, -0.15) is 0 Å². The van der Waals surface area contributed by atoms with Gasteiger partial charge in [0.15, 0.2) is 0 Å². The van der Waals surface area contributed by atoms with Crippen LogP contribution >= 0.6 is 0 Å². The largest absolute Gasteiger partial charge is 0.310 e. The van der Waals surface area contributed by atoms with E-state index in [4.69, 9.17) is 0 Å². The van der Waals surface area contributed by atoms with Crippen LogP contribution in [0.4, 0.5) is 0 Å². The van der Waals surface area contributed by atoms with Crippen molar-refractivity contribution in [2.24, 2.45) is 0 Å². The van der Waals surface area contributed by atoms with Crippen molar-refractivity contribution < 1.29 is 0 Å². The first kappa shape index (κ1) is 15.3. The van der Waals surface area contributed by atoms with E-state index in [1.165, 1.54) is 71.4 Å². The van der Waals surface area contributed by atoms with Crippen molar-refractivity contribution in [1.29, 1.82) is 0 Å². The lowest BCUT2D eigenvalue weighted by atomic mass is 9.96. The Hall–Kier alpha value is -0.120. The number of nitrogens with one attached hydrogen (secondary N) is 1. The van der Waals surface area contributed by atoms with Crippen LogP contribution in [-0.4, -0.2) is 60.6 Å². The molecule has 2 aliphatic heterocycles. The highest BCUT2D eigenvalue weighted by Crippen LogP contribution is 2.22. The molecule has 2 heterocycles. The number of likely N-dealkylation sites (tertiary alicyclic amines) is 1. The molecule has 0 aliphatic carbocycles. The monoisotopic (exact) mass is 267 g/mol. The predicted octanol–water partition coefficient (Wildman–Crippen LogP) is 2.32. The predicted molar refractivity (Wildman–Crippen MR) is 82.6 cm³/mol. The van der Waals surface area contributed by atoms with Crippen LogP contribution in [0.25, 0.3) is 0 Å². The summed E-state index contributed by atoms with van der Waals surface area (Å²) in [4.78, 5) is 5.43. The van der Waals surface area contributed by atoms with Gasteiger partial charge in [-0.05, 0) is 71.8 Å². The van der Waals surface area contributed by atoms with Gasteiger partial charge in [0.1, 0.15) is 0 Å². The zero-order valence-corrected chi connectivity index (χ0v) is 13.2. The second kappa shape index (κ2) is 7.05. The quantitative estimate of drug-likeness (QED) is 0.843. The average Bonchev–Trinajstić information content (AvgIpc) is 2.63. The molecule has 0 aromatic carbocycles. The molecule has 112 valence electrons. The van der Waals surface area contributed by atoms with Gasteiger partial charge in [-0.1, -0.05) is 13.8 Å². The summed E-state index contributed by atoms with van der Waals surface area (Å²) in [5.41, 5.74) is 0.330. The smallest absolute Gasteiger partial charge is 0.0277 e. The number of hydrogen-bond donors (Lipinski definition) is 1. The third kappa shape index (κ3) is 4.17. The highest BCUT2D eigenvalue weighted by atomic mass is 15.2. The SMILES string of the molecule is CCCN1CCC(N2CCCNC(C)(CC)C2)CC1. The number of piperidine rings is 1. The Morgan fingerprint density at radius 1 is 1.16 bits per heavy atom. The van der Waals surface area contributed by atoms with Crippen molar-refractivity contribution in [2.75, 3.05) is 39.3 Å². The maximum absolute atomic E-state index is 3.75. The molecule has 0 amide bonds. The van der Waals surface area contributed by atoms with E-state index in [-0.39, 0.29) is 0 Å². The van der Waals surface area contributed by atoms with Crippen molar-refractivity contribution in [3.8, 4) is 0 Å². The van der Waals surface area contributed by atoms with Crippen molar-refractivity contribution in [2.45, 2.75) is 64.5 Å². The summed E-state index contributed by atoms with van der Waals surface area (Å²) in [6.45, 7) is 14.6. The minimum absolute atomic E-state index is 0.330. The van der Waals surface area contributed by atoms with Gasteiger partial charge < -0.3 is 10.2 Å². The molecule has 2 saturated heterocycles. The molecule has 3 heteroatoms. The number of nitrogens with zero attached hydrogens (tertiary/aromatic N) is 2. The minimum Gasteiger partial charge on any atom is -0.310 e. The van der Waals surface area contributed by atoms with Crippen LogP contribution in [0, 0.1) is 0 Å². The summed E-state index contributed by atoms with van der Waals surface area (Å²) in [6.07, 6.45) is 6.59. The fourth-order valence-electron chi connectivity index (χ4n) is 3.63. The minimum atomic E-state index is 0.330. The Bertz CT molecular complexity index is 261. The van der Waals surface area contributed by atoms with E-state index < -0.39 is 0 Å². The third-order valence-corrected chi connectivity index (χ3v) is 5.12. The first-order chi connectivity index (χ1) is 9.17. The van der Waals surface area contributed by atoms with E-state index in [1.807, 2.05) is 0 Å². The van der Waals surface area contributed by atoms with Gasteiger partial charge in [-0.3, -0.25) is 4.90 Å². The Morgan fingerprint density at radius 3 is 2.53 bits per heavy atom. The van der Waals surface area contributed by atoms with E-state index in [1.54, 1.807) is 0 Å². The second-order valence-corrected chi connectivity index (χ2v) is 6.74. The maximum atomic E-state index is 3.75. The average molecular weight is 267 g/mol. The Balaban J connectivity index is 1.87. The summed E-state index contributed by atoms with van der Waals surface area (Å²) in [6, 6.07) is 0.832. The van der Waals surface area contributed by atoms with Gasteiger partial charge in [0.25, 0.3) is 0 Å². The molecule has 3 nitrogen and oxygen atoms in total. The summed E-state index contributed by atoms with van der Waals surface area (Å²) in [5, 5.41) is 3.75. The normalized spacial score (nSPS) is 32.4. The molecule has 0 aromatic rings. The van der Waals surface area contributed by atoms with E-state index in [0.29, 0.717) is 5.54 Å². The molecule has 0 radical (unpaired) electrons. The van der Waals surface area contributed by atoms with Gasteiger partial charge >= 0.3 is 0 Å². The van der Waals surface area contributed by atoms with Crippen LogP contribution < -0.4 is 5.32 Å². The van der Waals surface area contributed by atoms with Crippen molar-refractivity contribution in [1.82, 2.24) is 15.1 Å². The lowest BCUT2D eigenvalue weighted by Gasteiger charge is -2.41. The van der Waals surface area contributed by atoms with E-state index in [9.17, 15) is 0 Å². The molecule has 2 fully saturated rings. The molecule has 19 heavy (non-hydrogen) atoms. The summed E-state index contributed by atoms with van der Waals surface area (Å²) in [7, 11) is 0. The van der Waals surface area contributed by atoms with Crippen LogP contribution in [0.1, 0.15) is 52.9 Å². The van der Waals surface area contributed by atoms with E-state index in [2.05, 4.69) is 35.9 Å². The Kier molecular flexibility index (Phi) is 5.67. The molecule has 0 bridgehead atoms. The van der Waals surface area contributed by atoms with E-state index >= 15 is 0 Å². The Labute approximate surface area is 119 Å². The zero-order valence-electron chi connectivity index (χ0n) is 13.2. The van der Waals surface area contributed by atoms with Gasteiger partial charge in [-0.15, -0.1) is 0 Å². The van der Waals surface area contributed by atoms with Crippen LogP contribution in [0.15, 0.2) is 0 Å². The molecule has 1 atom stereocenters.